The van der Waals surface area contributed by atoms with Crippen molar-refractivity contribution in [2.24, 2.45) is 5.41 Å². The number of aldehydes is 2. The van der Waals surface area contributed by atoms with Crippen LogP contribution in [-0.4, -0.2) is 39.0 Å². The Balaban J connectivity index is 1.80. The Morgan fingerprint density at radius 2 is 2.22 bits per heavy atom. The number of thiophene rings is 1. The second-order valence-electron chi connectivity index (χ2n) is 4.88. The van der Waals surface area contributed by atoms with Crippen molar-refractivity contribution in [3.63, 3.8) is 0 Å². The maximum Gasteiger partial charge on any atom is 0.160 e. The van der Waals surface area contributed by atoms with E-state index in [-0.39, 0.29) is 5.41 Å². The molecule has 1 aliphatic rings. The molecule has 1 saturated heterocycles. The highest BCUT2D eigenvalue weighted by molar-refractivity contribution is 7.15. The molecule has 18 heavy (non-hydrogen) atoms. The van der Waals surface area contributed by atoms with E-state index in [2.05, 4.69) is 6.92 Å². The van der Waals surface area contributed by atoms with Crippen LogP contribution in [0.25, 0.3) is 0 Å². The third-order valence-corrected chi connectivity index (χ3v) is 3.98. The molecule has 0 spiro atoms. The molecule has 2 rings (SSSR count). The van der Waals surface area contributed by atoms with Crippen molar-refractivity contribution in [3.05, 3.63) is 21.4 Å². The SMILES string of the molecule is CC1(COCCc2cc(C=O)sc2C=O)COC1. The zero-order valence-electron chi connectivity index (χ0n) is 10.3. The van der Waals surface area contributed by atoms with E-state index in [4.69, 9.17) is 9.47 Å². The van der Waals surface area contributed by atoms with Crippen molar-refractivity contribution in [2.45, 2.75) is 13.3 Å². The first-order valence-corrected chi connectivity index (χ1v) is 6.67. The molecular formula is C13H16O4S. The number of carbonyl (C=O) groups excluding carboxylic acids is 2. The molecule has 0 amide bonds. The van der Waals surface area contributed by atoms with Gasteiger partial charge in [0.15, 0.2) is 12.6 Å². The molecule has 1 aliphatic heterocycles. The van der Waals surface area contributed by atoms with E-state index in [1.165, 1.54) is 11.3 Å². The van der Waals surface area contributed by atoms with Gasteiger partial charge in [0.2, 0.25) is 0 Å². The number of hydrogen-bond donors (Lipinski definition) is 0. The maximum atomic E-state index is 10.8. The normalized spacial score (nSPS) is 17.2. The fourth-order valence-electron chi connectivity index (χ4n) is 1.85. The summed E-state index contributed by atoms with van der Waals surface area (Å²) >= 11 is 1.23. The molecule has 0 aromatic carbocycles. The van der Waals surface area contributed by atoms with Gasteiger partial charge in [-0.2, -0.15) is 0 Å². The molecule has 1 aromatic rings. The van der Waals surface area contributed by atoms with Crippen LogP contribution in [0.5, 0.6) is 0 Å². The number of carbonyl (C=O) groups is 2. The van der Waals surface area contributed by atoms with Crippen LogP contribution in [0.1, 0.15) is 31.8 Å². The fourth-order valence-corrected chi connectivity index (χ4v) is 2.70. The lowest BCUT2D eigenvalue weighted by atomic mass is 9.90. The first kappa shape index (κ1) is 13.4. The highest BCUT2D eigenvalue weighted by atomic mass is 32.1. The van der Waals surface area contributed by atoms with Crippen LogP contribution >= 0.6 is 11.3 Å². The second kappa shape index (κ2) is 5.73. The summed E-state index contributed by atoms with van der Waals surface area (Å²) in [5.74, 6) is 0. The minimum atomic E-state index is 0.149. The Morgan fingerprint density at radius 3 is 2.78 bits per heavy atom. The highest BCUT2D eigenvalue weighted by Gasteiger charge is 2.33. The van der Waals surface area contributed by atoms with Gasteiger partial charge in [0, 0.05) is 5.41 Å². The first-order valence-electron chi connectivity index (χ1n) is 5.85. The maximum absolute atomic E-state index is 10.8. The van der Waals surface area contributed by atoms with E-state index >= 15 is 0 Å². The molecular weight excluding hydrogens is 252 g/mol. The molecule has 0 unspecified atom stereocenters. The van der Waals surface area contributed by atoms with E-state index < -0.39 is 0 Å². The van der Waals surface area contributed by atoms with E-state index in [9.17, 15) is 9.59 Å². The quantitative estimate of drug-likeness (QED) is 0.560. The smallest absolute Gasteiger partial charge is 0.160 e. The van der Waals surface area contributed by atoms with Crippen LogP contribution in [0.2, 0.25) is 0 Å². The molecule has 0 atom stereocenters. The number of hydrogen-bond acceptors (Lipinski definition) is 5. The minimum absolute atomic E-state index is 0.149. The predicted molar refractivity (Wildman–Crippen MR) is 68.5 cm³/mol. The van der Waals surface area contributed by atoms with Crippen LogP contribution in [0.4, 0.5) is 0 Å². The molecule has 5 heteroatoms. The van der Waals surface area contributed by atoms with Gasteiger partial charge in [0.1, 0.15) is 0 Å². The third kappa shape index (κ3) is 3.04. The summed E-state index contributed by atoms with van der Waals surface area (Å²) in [5.41, 5.74) is 1.04. The molecule has 4 nitrogen and oxygen atoms in total. The van der Waals surface area contributed by atoms with Gasteiger partial charge in [0.05, 0.1) is 36.2 Å². The molecule has 0 bridgehead atoms. The number of ether oxygens (including phenoxy) is 2. The van der Waals surface area contributed by atoms with Crippen LogP contribution in [0.15, 0.2) is 6.07 Å². The predicted octanol–water partition coefficient (Wildman–Crippen LogP) is 1.97. The number of rotatable bonds is 7. The van der Waals surface area contributed by atoms with E-state index in [1.54, 1.807) is 6.07 Å². The largest absolute Gasteiger partial charge is 0.380 e. The monoisotopic (exact) mass is 268 g/mol. The lowest BCUT2D eigenvalue weighted by Crippen LogP contribution is -2.43. The minimum Gasteiger partial charge on any atom is -0.380 e. The van der Waals surface area contributed by atoms with Gasteiger partial charge in [-0.25, -0.2) is 0 Å². The van der Waals surface area contributed by atoms with Crippen molar-refractivity contribution in [3.8, 4) is 0 Å². The van der Waals surface area contributed by atoms with Gasteiger partial charge >= 0.3 is 0 Å². The van der Waals surface area contributed by atoms with Gasteiger partial charge in [-0.3, -0.25) is 9.59 Å². The fraction of sp³-hybridized carbons (Fsp3) is 0.538. The molecule has 0 N–H and O–H groups in total. The van der Waals surface area contributed by atoms with Crippen LogP contribution < -0.4 is 0 Å². The Bertz CT molecular complexity index is 434. The van der Waals surface area contributed by atoms with E-state index in [0.717, 1.165) is 31.3 Å². The van der Waals surface area contributed by atoms with Crippen molar-refractivity contribution in [2.75, 3.05) is 26.4 Å². The van der Waals surface area contributed by atoms with Crippen LogP contribution in [-0.2, 0) is 15.9 Å². The van der Waals surface area contributed by atoms with E-state index in [1.807, 2.05) is 0 Å². The average Bonchev–Trinajstić information content (AvgIpc) is 2.75. The van der Waals surface area contributed by atoms with Crippen molar-refractivity contribution in [1.29, 1.82) is 0 Å². The molecule has 2 heterocycles. The van der Waals surface area contributed by atoms with Crippen molar-refractivity contribution < 1.29 is 19.1 Å². The Morgan fingerprint density at radius 1 is 1.44 bits per heavy atom. The zero-order valence-corrected chi connectivity index (χ0v) is 11.1. The summed E-state index contributed by atoms with van der Waals surface area (Å²) in [5, 5.41) is 0. The van der Waals surface area contributed by atoms with Gasteiger partial charge in [-0.1, -0.05) is 6.92 Å². The van der Waals surface area contributed by atoms with Crippen molar-refractivity contribution in [1.82, 2.24) is 0 Å². The summed E-state index contributed by atoms with van der Waals surface area (Å²) in [4.78, 5) is 22.7. The second-order valence-corrected chi connectivity index (χ2v) is 6.00. The highest BCUT2D eigenvalue weighted by Crippen LogP contribution is 2.26. The van der Waals surface area contributed by atoms with Gasteiger partial charge in [-0.05, 0) is 18.1 Å². The third-order valence-electron chi connectivity index (χ3n) is 2.95. The lowest BCUT2D eigenvalue weighted by molar-refractivity contribution is -0.137. The Hall–Kier alpha value is -1.04. The van der Waals surface area contributed by atoms with Crippen molar-refractivity contribution >= 4 is 23.9 Å². The molecule has 1 aromatic heterocycles. The summed E-state index contributed by atoms with van der Waals surface area (Å²) < 4.78 is 10.8. The van der Waals surface area contributed by atoms with Gasteiger partial charge in [-0.15, -0.1) is 11.3 Å². The summed E-state index contributed by atoms with van der Waals surface area (Å²) in [6.07, 6.45) is 2.23. The molecule has 98 valence electrons. The van der Waals surface area contributed by atoms with E-state index in [0.29, 0.717) is 29.4 Å². The zero-order chi connectivity index (χ0) is 13.0. The summed E-state index contributed by atoms with van der Waals surface area (Å²) in [6, 6.07) is 1.76. The van der Waals surface area contributed by atoms with Gasteiger partial charge in [0.25, 0.3) is 0 Å². The van der Waals surface area contributed by atoms with Gasteiger partial charge < -0.3 is 9.47 Å². The Kier molecular flexibility index (Phi) is 4.27. The molecule has 0 radical (unpaired) electrons. The molecule has 0 saturated carbocycles. The van der Waals surface area contributed by atoms with Crippen LogP contribution in [0, 0.1) is 5.41 Å². The first-order chi connectivity index (χ1) is 8.67. The summed E-state index contributed by atoms with van der Waals surface area (Å²) in [7, 11) is 0. The average molecular weight is 268 g/mol. The van der Waals surface area contributed by atoms with Crippen LogP contribution in [0.3, 0.4) is 0 Å². The Labute approximate surface area is 110 Å². The lowest BCUT2D eigenvalue weighted by Gasteiger charge is -2.37. The molecule has 0 aliphatic carbocycles. The summed E-state index contributed by atoms with van der Waals surface area (Å²) in [6.45, 7) is 4.86. The molecule has 1 fully saturated rings. The standard InChI is InChI=1S/C13H16O4S/c1-13(8-17-9-13)7-16-3-2-10-4-11(5-14)18-12(10)6-15/h4-6H,2-3,7-9H2,1H3. The topological polar surface area (TPSA) is 52.6 Å².